The van der Waals surface area contributed by atoms with E-state index >= 15 is 4.79 Å². The molecule has 0 unspecified atom stereocenters. The van der Waals surface area contributed by atoms with Crippen LogP contribution in [-0.4, -0.2) is 65.4 Å². The maximum absolute atomic E-state index is 15.0. The molecule has 276 valence electrons. The Balaban J connectivity index is 1.12. The Morgan fingerprint density at radius 1 is 0.776 bits per heavy atom. The summed E-state index contributed by atoms with van der Waals surface area (Å²) in [6.07, 6.45) is 12.8. The molecule has 7 fully saturated rings. The van der Waals surface area contributed by atoms with E-state index in [0.29, 0.717) is 53.6 Å². The highest BCUT2D eigenvalue weighted by molar-refractivity contribution is 5.87. The van der Waals surface area contributed by atoms with Gasteiger partial charge < -0.3 is 14.9 Å². The number of piperazine rings is 1. The van der Waals surface area contributed by atoms with Crippen LogP contribution in [0.4, 0.5) is 0 Å². The fourth-order valence-corrected chi connectivity index (χ4v) is 15.3. The quantitative estimate of drug-likeness (QED) is 0.286. The summed E-state index contributed by atoms with van der Waals surface area (Å²) in [6.45, 7) is 30.9. The largest absolute Gasteiger partial charge is 0.393 e. The van der Waals surface area contributed by atoms with Gasteiger partial charge in [-0.3, -0.25) is 9.59 Å². The molecule has 5 nitrogen and oxygen atoms in total. The average Bonchev–Trinajstić information content (AvgIpc) is 3.46. The van der Waals surface area contributed by atoms with Crippen LogP contribution in [0.3, 0.4) is 0 Å². The molecule has 5 heteroatoms. The first-order valence-electron chi connectivity index (χ1n) is 20.8. The third-order valence-electron chi connectivity index (χ3n) is 18.9. The molecule has 1 amide bonds. The van der Waals surface area contributed by atoms with Crippen LogP contribution < -0.4 is 0 Å². The molecule has 1 aliphatic heterocycles. The zero-order valence-electron chi connectivity index (χ0n) is 33.0. The van der Waals surface area contributed by atoms with Crippen molar-refractivity contribution in [1.29, 1.82) is 0 Å². The van der Waals surface area contributed by atoms with Crippen LogP contribution in [0, 0.1) is 73.9 Å². The fourth-order valence-electron chi connectivity index (χ4n) is 15.3. The topological polar surface area (TPSA) is 60.9 Å². The monoisotopic (exact) mass is 677 g/mol. The van der Waals surface area contributed by atoms with Gasteiger partial charge in [0, 0.05) is 43.9 Å². The summed E-state index contributed by atoms with van der Waals surface area (Å²) in [5.74, 6) is 3.87. The lowest BCUT2D eigenvalue weighted by atomic mass is 9.32. The highest BCUT2D eigenvalue weighted by atomic mass is 16.3. The minimum absolute atomic E-state index is 0.0281. The van der Waals surface area contributed by atoms with Gasteiger partial charge in [0.15, 0.2) is 0 Å². The van der Waals surface area contributed by atoms with Crippen molar-refractivity contribution in [3.05, 3.63) is 12.2 Å². The summed E-state index contributed by atoms with van der Waals surface area (Å²) in [7, 11) is 0. The first-order chi connectivity index (χ1) is 22.9. The predicted octanol–water partition coefficient (Wildman–Crippen LogP) is 8.79. The van der Waals surface area contributed by atoms with E-state index < -0.39 is 0 Å². The van der Waals surface area contributed by atoms with E-state index in [-0.39, 0.29) is 44.5 Å². The van der Waals surface area contributed by atoms with Crippen molar-refractivity contribution in [2.45, 2.75) is 145 Å². The number of carbonyl (C=O) groups is 2. The molecule has 0 aromatic carbocycles. The normalized spacial score (nSPS) is 48.7. The summed E-state index contributed by atoms with van der Waals surface area (Å²) in [5, 5.41) is 11.1. The van der Waals surface area contributed by atoms with Gasteiger partial charge in [-0.2, -0.15) is 0 Å². The molecule has 0 radical (unpaired) electrons. The van der Waals surface area contributed by atoms with Gasteiger partial charge in [0.1, 0.15) is 5.78 Å². The van der Waals surface area contributed by atoms with E-state index in [2.05, 4.69) is 78.7 Å². The first kappa shape index (κ1) is 36.2. The van der Waals surface area contributed by atoms with E-state index in [1.54, 1.807) is 0 Å². The van der Waals surface area contributed by atoms with Crippen LogP contribution in [0.25, 0.3) is 0 Å². The molecule has 0 bridgehead atoms. The van der Waals surface area contributed by atoms with Crippen molar-refractivity contribution in [2.24, 2.45) is 73.9 Å². The molecule has 7 aliphatic rings. The van der Waals surface area contributed by atoms with Gasteiger partial charge in [0.25, 0.3) is 0 Å². The molecule has 12 atom stereocenters. The van der Waals surface area contributed by atoms with Crippen molar-refractivity contribution in [3.8, 4) is 0 Å². The highest BCUT2D eigenvalue weighted by Gasteiger charge is 2.72. The molecule has 49 heavy (non-hydrogen) atoms. The molecule has 0 aromatic heterocycles. The summed E-state index contributed by atoms with van der Waals surface area (Å²) >= 11 is 0. The summed E-state index contributed by atoms with van der Waals surface area (Å²) < 4.78 is 0. The lowest BCUT2D eigenvalue weighted by Crippen LogP contribution is -2.67. The van der Waals surface area contributed by atoms with Crippen LogP contribution >= 0.6 is 0 Å². The maximum Gasteiger partial charge on any atom is 0.226 e. The summed E-state index contributed by atoms with van der Waals surface area (Å²) in [6, 6.07) is 0. The van der Waals surface area contributed by atoms with Crippen molar-refractivity contribution in [2.75, 3.05) is 32.7 Å². The molecule has 6 saturated carbocycles. The number of hydrogen-bond donors (Lipinski definition) is 1. The van der Waals surface area contributed by atoms with Crippen molar-refractivity contribution < 1.29 is 14.7 Å². The summed E-state index contributed by atoms with van der Waals surface area (Å²) in [5.41, 5.74) is 1.65. The van der Waals surface area contributed by atoms with Crippen molar-refractivity contribution in [1.82, 2.24) is 9.80 Å². The molecule has 6 aliphatic carbocycles. The van der Waals surface area contributed by atoms with E-state index in [1.165, 1.54) is 37.7 Å². The fraction of sp³-hybridized carbons (Fsp3) is 0.909. The zero-order chi connectivity index (χ0) is 35.5. The van der Waals surface area contributed by atoms with Crippen molar-refractivity contribution in [3.63, 3.8) is 0 Å². The number of rotatable bonds is 6. The molecule has 0 spiro atoms. The van der Waals surface area contributed by atoms with E-state index in [9.17, 15) is 9.90 Å². The molecular weight excluding hydrogens is 604 g/mol. The SMILES string of the molecule is C=C(C)[C@@H]1CC[C@]2(C(=O)C[C@@H]3C[C@H](C(=O)N4CCN(CC)CC4)C3(C)C)CC[C@]3(C)[C@H](CC[C@@H]4[C@@]5(C)CC[C@H](O)C(C)(C)[C@@H]5CC[C@]43C)[C@@H]12. The molecule has 1 saturated heterocycles. The number of nitrogens with zero attached hydrogens (tertiary/aromatic N) is 2. The second kappa shape index (κ2) is 11.9. The Labute approximate surface area is 299 Å². The number of Topliss-reactive ketones (excluding diaryl/α,β-unsaturated/α-hetero) is 1. The number of likely N-dealkylation sites (N-methyl/N-ethyl adjacent to an activating group) is 1. The van der Waals surface area contributed by atoms with Crippen LogP contribution in [0.5, 0.6) is 0 Å². The second-order valence-corrected chi connectivity index (χ2v) is 20.9. The Morgan fingerprint density at radius 2 is 1.47 bits per heavy atom. The predicted molar refractivity (Wildman–Crippen MR) is 199 cm³/mol. The molecule has 1 heterocycles. The standard InChI is InChI=1S/C44H72N2O3/c1-11-45-22-24-46(25-23-45)38(49)32-26-29(39(32,4)5)27-36(48)44-19-14-30(28(2)3)37(44)31-12-13-34-41(8)17-16-35(47)40(6,7)33(41)15-18-43(34,10)42(31,9)20-21-44/h29-35,37,47H,2,11-27H2,1,3-10H3/t29-,30-,31+,32+,33-,34+,35-,37+,41-,42+,43+,44+/m0/s1. The molecular formula is C44H72N2O3. The average molecular weight is 677 g/mol. The minimum Gasteiger partial charge on any atom is -0.393 e. The second-order valence-electron chi connectivity index (χ2n) is 20.9. The lowest BCUT2D eigenvalue weighted by Gasteiger charge is -2.73. The van der Waals surface area contributed by atoms with Gasteiger partial charge >= 0.3 is 0 Å². The third-order valence-corrected chi connectivity index (χ3v) is 18.9. The maximum atomic E-state index is 15.0. The minimum atomic E-state index is -0.226. The van der Waals surface area contributed by atoms with Crippen LogP contribution in [0.2, 0.25) is 0 Å². The first-order valence-corrected chi connectivity index (χ1v) is 20.8. The molecule has 1 N–H and O–H groups in total. The van der Waals surface area contributed by atoms with Crippen LogP contribution in [0.15, 0.2) is 12.2 Å². The summed E-state index contributed by atoms with van der Waals surface area (Å²) in [4.78, 5) is 33.3. The van der Waals surface area contributed by atoms with E-state index in [1.807, 2.05) is 0 Å². The zero-order valence-corrected chi connectivity index (χ0v) is 33.0. The Hall–Kier alpha value is -1.20. The third kappa shape index (κ3) is 4.95. The van der Waals surface area contributed by atoms with Crippen LogP contribution in [0.1, 0.15) is 139 Å². The van der Waals surface area contributed by atoms with Gasteiger partial charge in [-0.05, 0) is 147 Å². The Morgan fingerprint density at radius 3 is 2.10 bits per heavy atom. The van der Waals surface area contributed by atoms with Gasteiger partial charge in [-0.15, -0.1) is 0 Å². The highest BCUT2D eigenvalue weighted by Crippen LogP contribution is 2.78. The molecule has 0 aromatic rings. The number of fused-ring (bicyclic) bond motifs is 7. The Kier molecular flexibility index (Phi) is 8.79. The van der Waals surface area contributed by atoms with Crippen molar-refractivity contribution >= 4 is 11.7 Å². The van der Waals surface area contributed by atoms with Gasteiger partial charge in [0.05, 0.1) is 6.10 Å². The van der Waals surface area contributed by atoms with Gasteiger partial charge in [-0.25, -0.2) is 0 Å². The van der Waals surface area contributed by atoms with E-state index in [4.69, 9.17) is 0 Å². The number of ketones is 1. The van der Waals surface area contributed by atoms with Gasteiger partial charge in [-0.1, -0.05) is 67.5 Å². The lowest BCUT2D eigenvalue weighted by molar-refractivity contribution is -0.246. The van der Waals surface area contributed by atoms with Crippen LogP contribution in [-0.2, 0) is 9.59 Å². The number of aliphatic hydroxyl groups is 1. The molecule has 7 rings (SSSR count). The Bertz CT molecular complexity index is 1350. The number of carbonyl (C=O) groups excluding carboxylic acids is 2. The number of hydrogen-bond acceptors (Lipinski definition) is 4. The number of allylic oxidation sites excluding steroid dienone is 1. The smallest absolute Gasteiger partial charge is 0.226 e. The number of aliphatic hydroxyl groups excluding tert-OH is 1. The van der Waals surface area contributed by atoms with Gasteiger partial charge in [0.2, 0.25) is 5.91 Å². The number of amides is 1. The van der Waals surface area contributed by atoms with E-state index in [0.717, 1.165) is 71.2 Å².